The lowest BCUT2D eigenvalue weighted by molar-refractivity contribution is -0.130. The van der Waals surface area contributed by atoms with Crippen LogP contribution in [0.25, 0.3) is 0 Å². The van der Waals surface area contributed by atoms with E-state index in [1.165, 1.54) is 64.2 Å². The fraction of sp³-hybridized carbons (Fsp3) is 0.941. The van der Waals surface area contributed by atoms with Gasteiger partial charge in [-0.05, 0) is 44.4 Å². The quantitative estimate of drug-likeness (QED) is 0.837. The lowest BCUT2D eigenvalue weighted by Crippen LogP contribution is -2.43. The van der Waals surface area contributed by atoms with E-state index in [4.69, 9.17) is 0 Å². The van der Waals surface area contributed by atoms with Crippen LogP contribution in [0.3, 0.4) is 0 Å². The molecular formula is C17H32N2O. The molecule has 1 amide bonds. The Bertz CT molecular complexity index is 277. The van der Waals surface area contributed by atoms with Gasteiger partial charge in [0.1, 0.15) is 0 Å². The fourth-order valence-electron chi connectivity index (χ4n) is 3.73. The molecule has 1 N–H and O–H groups in total. The van der Waals surface area contributed by atoms with Gasteiger partial charge in [-0.3, -0.25) is 4.79 Å². The van der Waals surface area contributed by atoms with Gasteiger partial charge in [0.25, 0.3) is 0 Å². The standard InChI is InChI=1S/C17H32N2O/c1-2-7-15-8-10-16(11-9-15)18-14-17(20)19-12-5-3-4-6-13-19/h15-16,18H,2-14H2,1H3. The van der Waals surface area contributed by atoms with E-state index in [1.54, 1.807) is 0 Å². The van der Waals surface area contributed by atoms with Gasteiger partial charge in [0.15, 0.2) is 0 Å². The molecule has 20 heavy (non-hydrogen) atoms. The minimum absolute atomic E-state index is 0.322. The van der Waals surface area contributed by atoms with Crippen LogP contribution in [-0.2, 0) is 4.79 Å². The van der Waals surface area contributed by atoms with Crippen molar-refractivity contribution in [3.8, 4) is 0 Å². The highest BCUT2D eigenvalue weighted by Gasteiger charge is 2.22. The number of carbonyl (C=O) groups is 1. The molecule has 0 aromatic heterocycles. The average Bonchev–Trinajstić information content (AvgIpc) is 2.76. The van der Waals surface area contributed by atoms with E-state index >= 15 is 0 Å². The van der Waals surface area contributed by atoms with Crippen molar-refractivity contribution in [1.29, 1.82) is 0 Å². The first kappa shape index (κ1) is 15.8. The summed E-state index contributed by atoms with van der Waals surface area (Å²) < 4.78 is 0. The molecule has 0 spiro atoms. The molecule has 3 nitrogen and oxygen atoms in total. The first-order chi connectivity index (χ1) is 9.79. The number of amides is 1. The summed E-state index contributed by atoms with van der Waals surface area (Å²) >= 11 is 0. The zero-order valence-corrected chi connectivity index (χ0v) is 13.2. The van der Waals surface area contributed by atoms with Crippen molar-refractivity contribution >= 4 is 5.91 Å². The van der Waals surface area contributed by atoms with Gasteiger partial charge in [-0.25, -0.2) is 0 Å². The SMILES string of the molecule is CCCC1CCC(NCC(=O)N2CCCCCC2)CC1. The van der Waals surface area contributed by atoms with E-state index < -0.39 is 0 Å². The molecule has 0 atom stereocenters. The number of nitrogens with one attached hydrogen (secondary N) is 1. The minimum Gasteiger partial charge on any atom is -0.342 e. The van der Waals surface area contributed by atoms with Crippen molar-refractivity contribution in [3.63, 3.8) is 0 Å². The van der Waals surface area contributed by atoms with Crippen LogP contribution in [0.5, 0.6) is 0 Å². The maximum Gasteiger partial charge on any atom is 0.236 e. The monoisotopic (exact) mass is 280 g/mol. The van der Waals surface area contributed by atoms with Crippen molar-refractivity contribution in [2.24, 2.45) is 5.92 Å². The highest BCUT2D eigenvalue weighted by molar-refractivity contribution is 5.78. The topological polar surface area (TPSA) is 32.3 Å². The summed E-state index contributed by atoms with van der Waals surface area (Å²) in [6.45, 7) is 4.79. The average molecular weight is 280 g/mol. The molecule has 116 valence electrons. The van der Waals surface area contributed by atoms with Crippen molar-refractivity contribution < 1.29 is 4.79 Å². The Labute approximate surface area is 124 Å². The minimum atomic E-state index is 0.322. The molecule has 2 fully saturated rings. The Kier molecular flexibility index (Phi) is 6.85. The van der Waals surface area contributed by atoms with Crippen LogP contribution in [0.2, 0.25) is 0 Å². The molecule has 3 heteroatoms. The molecule has 0 bridgehead atoms. The molecule has 0 aromatic carbocycles. The van der Waals surface area contributed by atoms with Crippen LogP contribution < -0.4 is 5.32 Å². The van der Waals surface area contributed by atoms with Crippen LogP contribution in [0.1, 0.15) is 71.1 Å². The lowest BCUT2D eigenvalue weighted by atomic mass is 9.83. The third-order valence-corrected chi connectivity index (χ3v) is 5.04. The van der Waals surface area contributed by atoms with E-state index in [0.29, 0.717) is 18.5 Å². The van der Waals surface area contributed by atoms with Gasteiger partial charge < -0.3 is 10.2 Å². The first-order valence-corrected chi connectivity index (χ1v) is 8.80. The second kappa shape index (κ2) is 8.66. The summed E-state index contributed by atoms with van der Waals surface area (Å²) in [7, 11) is 0. The zero-order chi connectivity index (χ0) is 14.2. The molecule has 0 unspecified atom stereocenters. The zero-order valence-electron chi connectivity index (χ0n) is 13.2. The Hall–Kier alpha value is -0.570. The molecular weight excluding hydrogens is 248 g/mol. The highest BCUT2D eigenvalue weighted by atomic mass is 16.2. The molecule has 0 aromatic rings. The fourth-order valence-corrected chi connectivity index (χ4v) is 3.73. The number of hydrogen-bond acceptors (Lipinski definition) is 2. The number of carbonyl (C=O) groups excluding carboxylic acids is 1. The van der Waals surface area contributed by atoms with Crippen molar-refractivity contribution in [2.75, 3.05) is 19.6 Å². The maximum atomic E-state index is 12.2. The van der Waals surface area contributed by atoms with Crippen LogP contribution >= 0.6 is 0 Å². The largest absolute Gasteiger partial charge is 0.342 e. The smallest absolute Gasteiger partial charge is 0.236 e. The second-order valence-electron chi connectivity index (χ2n) is 6.68. The van der Waals surface area contributed by atoms with E-state index in [1.807, 2.05) is 0 Å². The highest BCUT2D eigenvalue weighted by Crippen LogP contribution is 2.27. The Morgan fingerprint density at radius 3 is 2.30 bits per heavy atom. The van der Waals surface area contributed by atoms with E-state index in [0.717, 1.165) is 19.0 Å². The summed E-state index contributed by atoms with van der Waals surface area (Å²) in [5.41, 5.74) is 0. The van der Waals surface area contributed by atoms with Crippen LogP contribution in [-0.4, -0.2) is 36.5 Å². The summed E-state index contributed by atoms with van der Waals surface area (Å²) in [4.78, 5) is 14.3. The van der Waals surface area contributed by atoms with Crippen LogP contribution in [0, 0.1) is 5.92 Å². The van der Waals surface area contributed by atoms with E-state index in [-0.39, 0.29) is 0 Å². The van der Waals surface area contributed by atoms with Gasteiger partial charge in [-0.15, -0.1) is 0 Å². The molecule has 1 heterocycles. The summed E-state index contributed by atoms with van der Waals surface area (Å²) in [5.74, 6) is 1.27. The van der Waals surface area contributed by atoms with Gasteiger partial charge in [0.05, 0.1) is 6.54 Å². The number of rotatable bonds is 5. The normalized spacial score (nSPS) is 28.1. The first-order valence-electron chi connectivity index (χ1n) is 8.80. The van der Waals surface area contributed by atoms with E-state index in [9.17, 15) is 4.79 Å². The number of nitrogens with zero attached hydrogens (tertiary/aromatic N) is 1. The van der Waals surface area contributed by atoms with Gasteiger partial charge in [-0.2, -0.15) is 0 Å². The van der Waals surface area contributed by atoms with Crippen LogP contribution in [0.15, 0.2) is 0 Å². The van der Waals surface area contributed by atoms with Crippen molar-refractivity contribution in [2.45, 2.75) is 77.2 Å². The van der Waals surface area contributed by atoms with E-state index in [2.05, 4.69) is 17.1 Å². The Balaban J connectivity index is 1.63. The molecule has 1 saturated carbocycles. The van der Waals surface area contributed by atoms with Gasteiger partial charge in [0.2, 0.25) is 5.91 Å². The Morgan fingerprint density at radius 1 is 1.05 bits per heavy atom. The summed E-state index contributed by atoms with van der Waals surface area (Å²) in [5, 5.41) is 3.51. The van der Waals surface area contributed by atoms with Crippen LogP contribution in [0.4, 0.5) is 0 Å². The maximum absolute atomic E-state index is 12.2. The Morgan fingerprint density at radius 2 is 1.70 bits per heavy atom. The third kappa shape index (κ3) is 5.08. The summed E-state index contributed by atoms with van der Waals surface area (Å²) in [6.07, 6.45) is 12.9. The van der Waals surface area contributed by atoms with Crippen molar-refractivity contribution in [1.82, 2.24) is 10.2 Å². The summed E-state index contributed by atoms with van der Waals surface area (Å²) in [6, 6.07) is 0.582. The molecule has 1 aliphatic carbocycles. The molecule has 2 aliphatic rings. The van der Waals surface area contributed by atoms with Gasteiger partial charge in [-0.1, -0.05) is 32.6 Å². The molecule has 0 radical (unpaired) electrons. The molecule has 1 saturated heterocycles. The van der Waals surface area contributed by atoms with Gasteiger partial charge in [0, 0.05) is 19.1 Å². The third-order valence-electron chi connectivity index (χ3n) is 5.04. The van der Waals surface area contributed by atoms with Gasteiger partial charge >= 0.3 is 0 Å². The number of likely N-dealkylation sites (tertiary alicyclic amines) is 1. The van der Waals surface area contributed by atoms with Crippen molar-refractivity contribution in [3.05, 3.63) is 0 Å². The molecule has 2 rings (SSSR count). The lowest BCUT2D eigenvalue weighted by Gasteiger charge is -2.29. The predicted octanol–water partition coefficient (Wildman–Crippen LogP) is 3.34. The predicted molar refractivity (Wildman–Crippen MR) is 83.7 cm³/mol. The molecule has 1 aliphatic heterocycles. The number of hydrogen-bond donors (Lipinski definition) is 1. The second-order valence-corrected chi connectivity index (χ2v) is 6.68.